The fourth-order valence-electron chi connectivity index (χ4n) is 3.54. The van der Waals surface area contributed by atoms with Crippen molar-refractivity contribution in [3.8, 4) is 0 Å². The average Bonchev–Trinajstić information content (AvgIpc) is 2.43. The van der Waals surface area contributed by atoms with Crippen molar-refractivity contribution in [2.45, 2.75) is 70.8 Å². The van der Waals surface area contributed by atoms with E-state index in [2.05, 4.69) is 18.3 Å². The van der Waals surface area contributed by atoms with Crippen LogP contribution in [0.5, 0.6) is 0 Å². The van der Waals surface area contributed by atoms with Gasteiger partial charge in [0.25, 0.3) is 0 Å². The van der Waals surface area contributed by atoms with Crippen molar-refractivity contribution in [2.75, 3.05) is 6.54 Å². The molecule has 1 aliphatic rings. The minimum absolute atomic E-state index is 0.112. The van der Waals surface area contributed by atoms with Gasteiger partial charge in [-0.1, -0.05) is 51.2 Å². The summed E-state index contributed by atoms with van der Waals surface area (Å²) >= 11 is 0. The maximum absolute atomic E-state index is 13.4. The van der Waals surface area contributed by atoms with Gasteiger partial charge in [-0.2, -0.15) is 0 Å². The molecule has 2 heteroatoms. The van der Waals surface area contributed by atoms with E-state index in [0.717, 1.165) is 30.9 Å². The summed E-state index contributed by atoms with van der Waals surface area (Å²) in [6.45, 7) is 3.28. The molecule has 1 aliphatic carbocycles. The first-order valence-corrected chi connectivity index (χ1v) is 8.77. The summed E-state index contributed by atoms with van der Waals surface area (Å²) in [5.41, 5.74) is 1.13. The molecule has 1 fully saturated rings. The summed E-state index contributed by atoms with van der Waals surface area (Å²) in [4.78, 5) is 0. The van der Waals surface area contributed by atoms with Gasteiger partial charge in [0.1, 0.15) is 5.82 Å². The van der Waals surface area contributed by atoms with Crippen LogP contribution in [-0.4, -0.2) is 12.6 Å². The van der Waals surface area contributed by atoms with Gasteiger partial charge in [-0.15, -0.1) is 0 Å². The van der Waals surface area contributed by atoms with E-state index >= 15 is 0 Å². The minimum atomic E-state index is -0.112. The molecule has 0 spiro atoms. The first-order chi connectivity index (χ1) is 10.3. The van der Waals surface area contributed by atoms with Crippen LogP contribution in [0.25, 0.3) is 0 Å². The van der Waals surface area contributed by atoms with Gasteiger partial charge >= 0.3 is 0 Å². The maximum atomic E-state index is 13.4. The predicted octanol–water partition coefficient (Wildman–Crippen LogP) is 5.10. The van der Waals surface area contributed by atoms with Crippen molar-refractivity contribution in [1.82, 2.24) is 5.32 Å². The average molecular weight is 291 g/mol. The lowest BCUT2D eigenvalue weighted by molar-refractivity contribution is 0.283. The quantitative estimate of drug-likeness (QED) is 0.769. The highest BCUT2D eigenvalue weighted by Crippen LogP contribution is 2.26. The Morgan fingerprint density at radius 3 is 2.52 bits per heavy atom. The number of hydrogen-bond donors (Lipinski definition) is 1. The van der Waals surface area contributed by atoms with Crippen LogP contribution >= 0.6 is 0 Å². The summed E-state index contributed by atoms with van der Waals surface area (Å²) in [6, 6.07) is 7.63. The maximum Gasteiger partial charge on any atom is 0.123 e. The molecule has 0 bridgehead atoms. The molecule has 0 heterocycles. The smallest absolute Gasteiger partial charge is 0.123 e. The minimum Gasteiger partial charge on any atom is -0.313 e. The summed E-state index contributed by atoms with van der Waals surface area (Å²) < 4.78 is 13.4. The first-order valence-electron chi connectivity index (χ1n) is 8.77. The van der Waals surface area contributed by atoms with Crippen LogP contribution in [0, 0.1) is 11.7 Å². The Hall–Kier alpha value is -0.890. The van der Waals surface area contributed by atoms with Gasteiger partial charge in [0.2, 0.25) is 0 Å². The molecule has 2 rings (SSSR count). The standard InChI is InChI=1S/C19H30FN/c1-2-13-21-19(15-16-9-8-12-18(20)14-16)17-10-6-4-3-5-7-11-17/h8-9,12,14,17,19,21H,2-7,10-11,13,15H2,1H3. The number of benzene rings is 1. The molecule has 1 unspecified atom stereocenters. The highest BCUT2D eigenvalue weighted by atomic mass is 19.1. The third-order valence-corrected chi connectivity index (χ3v) is 4.72. The van der Waals surface area contributed by atoms with Gasteiger partial charge in [0.05, 0.1) is 0 Å². The summed E-state index contributed by atoms with van der Waals surface area (Å²) in [6.07, 6.45) is 11.7. The molecular formula is C19H30FN. The summed E-state index contributed by atoms with van der Waals surface area (Å²) in [7, 11) is 0. The Bertz CT molecular complexity index is 396. The fraction of sp³-hybridized carbons (Fsp3) is 0.684. The van der Waals surface area contributed by atoms with Crippen LogP contribution in [0.2, 0.25) is 0 Å². The molecular weight excluding hydrogens is 261 g/mol. The molecule has 1 saturated carbocycles. The van der Waals surface area contributed by atoms with Gasteiger partial charge in [0, 0.05) is 6.04 Å². The monoisotopic (exact) mass is 291 g/mol. The van der Waals surface area contributed by atoms with Crippen molar-refractivity contribution >= 4 is 0 Å². The van der Waals surface area contributed by atoms with Gasteiger partial charge < -0.3 is 5.32 Å². The molecule has 1 atom stereocenters. The Kier molecular flexibility index (Phi) is 7.21. The molecule has 1 nitrogen and oxygen atoms in total. The molecule has 1 aromatic rings. The molecule has 0 aromatic heterocycles. The topological polar surface area (TPSA) is 12.0 Å². The molecule has 0 saturated heterocycles. The van der Waals surface area contributed by atoms with E-state index in [1.807, 2.05) is 6.07 Å². The summed E-state index contributed by atoms with van der Waals surface area (Å²) in [5, 5.41) is 3.73. The lowest BCUT2D eigenvalue weighted by Crippen LogP contribution is -2.39. The zero-order chi connectivity index (χ0) is 14.9. The van der Waals surface area contributed by atoms with Crippen LogP contribution in [0.4, 0.5) is 4.39 Å². The van der Waals surface area contributed by atoms with Gasteiger partial charge in [-0.05, 0) is 55.8 Å². The van der Waals surface area contributed by atoms with E-state index in [1.54, 1.807) is 6.07 Å². The van der Waals surface area contributed by atoms with Gasteiger partial charge in [-0.3, -0.25) is 0 Å². The van der Waals surface area contributed by atoms with Gasteiger partial charge in [0.15, 0.2) is 0 Å². The third kappa shape index (κ3) is 5.78. The molecule has 1 aromatic carbocycles. The number of nitrogens with one attached hydrogen (secondary N) is 1. The predicted molar refractivity (Wildman–Crippen MR) is 88.0 cm³/mol. The normalized spacial score (nSPS) is 19.0. The fourth-order valence-corrected chi connectivity index (χ4v) is 3.54. The zero-order valence-corrected chi connectivity index (χ0v) is 13.4. The van der Waals surface area contributed by atoms with Crippen molar-refractivity contribution < 1.29 is 4.39 Å². The molecule has 1 N–H and O–H groups in total. The lowest BCUT2D eigenvalue weighted by atomic mass is 9.83. The van der Waals surface area contributed by atoms with E-state index in [0.29, 0.717) is 6.04 Å². The van der Waals surface area contributed by atoms with Crippen LogP contribution in [-0.2, 0) is 6.42 Å². The second-order valence-corrected chi connectivity index (χ2v) is 6.50. The molecule has 0 radical (unpaired) electrons. The van der Waals surface area contributed by atoms with Crippen molar-refractivity contribution in [3.05, 3.63) is 35.6 Å². The van der Waals surface area contributed by atoms with Crippen LogP contribution in [0.3, 0.4) is 0 Å². The van der Waals surface area contributed by atoms with E-state index in [4.69, 9.17) is 0 Å². The first kappa shape index (κ1) is 16.5. The van der Waals surface area contributed by atoms with E-state index in [9.17, 15) is 4.39 Å². The molecule has 0 aliphatic heterocycles. The summed E-state index contributed by atoms with van der Waals surface area (Å²) in [5.74, 6) is 0.638. The Balaban J connectivity index is 2.01. The van der Waals surface area contributed by atoms with Crippen LogP contribution in [0.1, 0.15) is 63.9 Å². The van der Waals surface area contributed by atoms with Crippen LogP contribution in [0.15, 0.2) is 24.3 Å². The largest absolute Gasteiger partial charge is 0.313 e. The SMILES string of the molecule is CCCNC(Cc1cccc(F)c1)C1CCCCCCC1. The zero-order valence-electron chi connectivity index (χ0n) is 13.4. The van der Waals surface area contributed by atoms with E-state index in [-0.39, 0.29) is 5.82 Å². The van der Waals surface area contributed by atoms with Crippen molar-refractivity contribution in [1.29, 1.82) is 0 Å². The van der Waals surface area contributed by atoms with Crippen molar-refractivity contribution in [2.24, 2.45) is 5.92 Å². The number of hydrogen-bond acceptors (Lipinski definition) is 1. The molecule has 21 heavy (non-hydrogen) atoms. The Labute approximate surface area is 129 Å². The van der Waals surface area contributed by atoms with Crippen molar-refractivity contribution in [3.63, 3.8) is 0 Å². The second-order valence-electron chi connectivity index (χ2n) is 6.50. The number of rotatable bonds is 6. The lowest BCUT2D eigenvalue weighted by Gasteiger charge is -2.30. The number of halogens is 1. The van der Waals surface area contributed by atoms with Gasteiger partial charge in [-0.25, -0.2) is 4.39 Å². The van der Waals surface area contributed by atoms with E-state index in [1.165, 1.54) is 51.0 Å². The second kappa shape index (κ2) is 9.19. The molecule has 118 valence electrons. The van der Waals surface area contributed by atoms with Crippen LogP contribution < -0.4 is 5.32 Å². The Morgan fingerprint density at radius 1 is 1.14 bits per heavy atom. The highest BCUT2D eigenvalue weighted by Gasteiger charge is 2.22. The third-order valence-electron chi connectivity index (χ3n) is 4.72. The molecule has 0 amide bonds. The Morgan fingerprint density at radius 2 is 1.86 bits per heavy atom. The highest BCUT2D eigenvalue weighted by molar-refractivity contribution is 5.17. The van der Waals surface area contributed by atoms with E-state index < -0.39 is 0 Å².